The molecule has 2 amide bonds. The van der Waals surface area contributed by atoms with Crippen molar-refractivity contribution in [2.45, 2.75) is 18.9 Å². The average Bonchev–Trinajstić information content (AvgIpc) is 2.84. The Balaban J connectivity index is 1.81. The van der Waals surface area contributed by atoms with Crippen LogP contribution >= 0.6 is 0 Å². The Morgan fingerprint density at radius 2 is 2.38 bits per heavy atom. The van der Waals surface area contributed by atoms with E-state index < -0.39 is 12.0 Å². The lowest BCUT2D eigenvalue weighted by Gasteiger charge is -2.34. The molecule has 0 saturated carbocycles. The van der Waals surface area contributed by atoms with E-state index in [1.54, 1.807) is 18.1 Å². The van der Waals surface area contributed by atoms with Gasteiger partial charge in [0.05, 0.1) is 25.7 Å². The van der Waals surface area contributed by atoms with Gasteiger partial charge in [0.2, 0.25) is 0 Å². The Morgan fingerprint density at radius 3 is 3.05 bits per heavy atom. The van der Waals surface area contributed by atoms with E-state index in [2.05, 4.69) is 15.4 Å². The minimum atomic E-state index is -0.944. The highest BCUT2D eigenvalue weighted by Gasteiger charge is 2.28. The van der Waals surface area contributed by atoms with Gasteiger partial charge >= 0.3 is 12.0 Å². The lowest BCUT2D eigenvalue weighted by molar-refractivity contribution is -0.139. The monoisotopic (exact) mass is 297 g/mol. The molecule has 1 saturated heterocycles. The molecule has 1 aromatic heterocycles. The number of carbonyl (C=O) groups is 2. The molecule has 2 N–H and O–H groups in total. The molecule has 2 heterocycles. The zero-order chi connectivity index (χ0) is 15.2. The Hall–Kier alpha value is -2.16. The van der Waals surface area contributed by atoms with Crippen molar-refractivity contribution in [1.82, 2.24) is 25.0 Å². The van der Waals surface area contributed by atoms with Crippen LogP contribution in [0.1, 0.15) is 12.2 Å². The summed E-state index contributed by atoms with van der Waals surface area (Å²) in [7, 11) is 1.78. The molecule has 0 bridgehead atoms. The van der Waals surface area contributed by atoms with Crippen LogP contribution in [0.5, 0.6) is 0 Å². The molecule has 1 unspecified atom stereocenters. The minimum absolute atomic E-state index is 0.116. The second-order valence-corrected chi connectivity index (χ2v) is 4.84. The van der Waals surface area contributed by atoms with Crippen molar-refractivity contribution in [1.29, 1.82) is 0 Å². The zero-order valence-corrected chi connectivity index (χ0v) is 11.9. The van der Waals surface area contributed by atoms with Crippen molar-refractivity contribution in [2.75, 3.05) is 26.3 Å². The number of aliphatic carboxylic acids is 1. The highest BCUT2D eigenvalue weighted by molar-refractivity contribution is 5.76. The molecule has 1 aromatic rings. The smallest absolute Gasteiger partial charge is 0.317 e. The van der Waals surface area contributed by atoms with Crippen LogP contribution in [0.3, 0.4) is 0 Å². The fraction of sp³-hybridized carbons (Fsp3) is 0.667. The molecule has 21 heavy (non-hydrogen) atoms. The van der Waals surface area contributed by atoms with Crippen molar-refractivity contribution in [3.8, 4) is 0 Å². The van der Waals surface area contributed by atoms with Gasteiger partial charge in [-0.1, -0.05) is 0 Å². The lowest BCUT2D eigenvalue weighted by Crippen LogP contribution is -2.53. The van der Waals surface area contributed by atoms with Gasteiger partial charge in [-0.15, -0.1) is 0 Å². The van der Waals surface area contributed by atoms with Crippen LogP contribution in [0.15, 0.2) is 6.33 Å². The van der Waals surface area contributed by atoms with Crippen molar-refractivity contribution < 1.29 is 19.4 Å². The first kappa shape index (κ1) is 15.2. The summed E-state index contributed by atoms with van der Waals surface area (Å²) in [5.74, 6) is -0.289. The van der Waals surface area contributed by atoms with Gasteiger partial charge in [0.25, 0.3) is 0 Å². The number of nitrogens with zero attached hydrogens (tertiary/aromatic N) is 4. The van der Waals surface area contributed by atoms with E-state index in [0.29, 0.717) is 31.9 Å². The van der Waals surface area contributed by atoms with E-state index >= 15 is 0 Å². The molecule has 1 aliphatic heterocycles. The van der Waals surface area contributed by atoms with Gasteiger partial charge in [0, 0.05) is 26.6 Å². The SMILES string of the molecule is Cn1cnc(CCNC(=O)N2CCOCC2CC(=O)O)n1. The van der Waals surface area contributed by atoms with Crippen molar-refractivity contribution in [3.05, 3.63) is 12.2 Å². The molecule has 1 aliphatic rings. The highest BCUT2D eigenvalue weighted by atomic mass is 16.5. The van der Waals surface area contributed by atoms with Crippen molar-refractivity contribution in [3.63, 3.8) is 0 Å². The van der Waals surface area contributed by atoms with Gasteiger partial charge in [-0.2, -0.15) is 5.10 Å². The van der Waals surface area contributed by atoms with Gasteiger partial charge in [0.1, 0.15) is 6.33 Å². The number of aromatic nitrogens is 3. The number of hydrogen-bond donors (Lipinski definition) is 2. The molecule has 116 valence electrons. The number of morpholine rings is 1. The van der Waals surface area contributed by atoms with Gasteiger partial charge in [-0.25, -0.2) is 9.78 Å². The summed E-state index contributed by atoms with van der Waals surface area (Å²) in [5.41, 5.74) is 0. The second kappa shape index (κ2) is 7.02. The van der Waals surface area contributed by atoms with E-state index in [4.69, 9.17) is 9.84 Å². The number of carboxylic acids is 1. The van der Waals surface area contributed by atoms with Crippen LogP contribution in [-0.2, 0) is 23.0 Å². The summed E-state index contributed by atoms with van der Waals surface area (Å²) >= 11 is 0. The third-order valence-corrected chi connectivity index (χ3v) is 3.17. The Kier molecular flexibility index (Phi) is 5.09. The van der Waals surface area contributed by atoms with Gasteiger partial charge in [-0.05, 0) is 0 Å². The summed E-state index contributed by atoms with van der Waals surface area (Å²) in [6, 6.07) is -0.704. The predicted molar refractivity (Wildman–Crippen MR) is 71.7 cm³/mol. The number of amides is 2. The number of nitrogens with one attached hydrogen (secondary N) is 1. The number of aryl methyl sites for hydroxylation is 1. The molecular formula is C12H19N5O4. The quantitative estimate of drug-likeness (QED) is 0.739. The van der Waals surface area contributed by atoms with E-state index in [1.165, 1.54) is 4.90 Å². The molecule has 0 radical (unpaired) electrons. The number of urea groups is 1. The van der Waals surface area contributed by atoms with Crippen LogP contribution in [0.25, 0.3) is 0 Å². The molecule has 2 rings (SSSR count). The first-order chi connectivity index (χ1) is 10.1. The second-order valence-electron chi connectivity index (χ2n) is 4.84. The van der Waals surface area contributed by atoms with Crippen molar-refractivity contribution in [2.24, 2.45) is 7.05 Å². The normalized spacial score (nSPS) is 18.5. The predicted octanol–water partition coefficient (Wildman–Crippen LogP) is -0.757. The molecule has 1 atom stereocenters. The largest absolute Gasteiger partial charge is 0.481 e. The minimum Gasteiger partial charge on any atom is -0.481 e. The van der Waals surface area contributed by atoms with E-state index in [1.807, 2.05) is 0 Å². The first-order valence-electron chi connectivity index (χ1n) is 6.75. The van der Waals surface area contributed by atoms with Crippen LogP contribution < -0.4 is 5.32 Å². The number of carboxylic acid groups (broad SMARTS) is 1. The zero-order valence-electron chi connectivity index (χ0n) is 11.9. The topological polar surface area (TPSA) is 110 Å². The number of hydrogen-bond acceptors (Lipinski definition) is 5. The maximum absolute atomic E-state index is 12.1. The van der Waals surface area contributed by atoms with E-state index in [-0.39, 0.29) is 19.1 Å². The number of carbonyl (C=O) groups excluding carboxylic acids is 1. The Labute approximate surface area is 121 Å². The lowest BCUT2D eigenvalue weighted by atomic mass is 10.1. The fourth-order valence-electron chi connectivity index (χ4n) is 2.17. The number of ether oxygens (including phenoxy) is 1. The molecule has 0 aromatic carbocycles. The Morgan fingerprint density at radius 1 is 1.57 bits per heavy atom. The third-order valence-electron chi connectivity index (χ3n) is 3.17. The highest BCUT2D eigenvalue weighted by Crippen LogP contribution is 2.10. The van der Waals surface area contributed by atoms with Gasteiger partial charge < -0.3 is 20.1 Å². The van der Waals surface area contributed by atoms with Gasteiger partial charge in [0.15, 0.2) is 5.82 Å². The van der Waals surface area contributed by atoms with Crippen LogP contribution in [-0.4, -0.2) is 69.1 Å². The third kappa shape index (κ3) is 4.42. The molecule has 9 nitrogen and oxygen atoms in total. The molecule has 1 fully saturated rings. The van der Waals surface area contributed by atoms with E-state index in [9.17, 15) is 9.59 Å². The number of rotatable bonds is 5. The summed E-state index contributed by atoms with van der Waals surface area (Å²) in [6.45, 7) is 1.47. The molecule has 0 spiro atoms. The fourth-order valence-corrected chi connectivity index (χ4v) is 2.17. The molecule has 9 heteroatoms. The van der Waals surface area contributed by atoms with Crippen LogP contribution in [0.4, 0.5) is 4.79 Å². The standard InChI is InChI=1S/C12H19N5O4/c1-16-8-14-10(15-16)2-3-13-12(20)17-4-5-21-7-9(17)6-11(18)19/h8-9H,2-7H2,1H3,(H,13,20)(H,18,19). The summed E-state index contributed by atoms with van der Waals surface area (Å²) < 4.78 is 6.83. The molecule has 0 aliphatic carbocycles. The average molecular weight is 297 g/mol. The van der Waals surface area contributed by atoms with E-state index in [0.717, 1.165) is 0 Å². The van der Waals surface area contributed by atoms with Crippen LogP contribution in [0, 0.1) is 0 Å². The van der Waals surface area contributed by atoms with Gasteiger partial charge in [-0.3, -0.25) is 9.48 Å². The summed E-state index contributed by atoms with van der Waals surface area (Å²) in [5, 5.41) is 15.7. The molecular weight excluding hydrogens is 278 g/mol. The summed E-state index contributed by atoms with van der Waals surface area (Å²) in [6.07, 6.45) is 2.01. The summed E-state index contributed by atoms with van der Waals surface area (Å²) in [4.78, 5) is 28.5. The van der Waals surface area contributed by atoms with Crippen LogP contribution in [0.2, 0.25) is 0 Å². The maximum Gasteiger partial charge on any atom is 0.317 e. The Bertz CT molecular complexity index is 504. The van der Waals surface area contributed by atoms with Crippen molar-refractivity contribution >= 4 is 12.0 Å². The first-order valence-corrected chi connectivity index (χ1v) is 6.75. The maximum atomic E-state index is 12.1.